The van der Waals surface area contributed by atoms with E-state index in [0.29, 0.717) is 11.3 Å². The first-order valence-corrected chi connectivity index (χ1v) is 8.02. The fraction of sp³-hybridized carbons (Fsp3) is 0.263. The molecule has 2 aromatic rings. The second-order valence-electron chi connectivity index (χ2n) is 5.93. The molecule has 1 aliphatic heterocycles. The molecule has 0 unspecified atom stereocenters. The van der Waals surface area contributed by atoms with Crippen LogP contribution in [0.1, 0.15) is 39.1 Å². The second kappa shape index (κ2) is 6.83. The predicted octanol–water partition coefficient (Wildman–Crippen LogP) is 3.62. The van der Waals surface area contributed by atoms with Gasteiger partial charge in [-0.2, -0.15) is 0 Å². The summed E-state index contributed by atoms with van der Waals surface area (Å²) >= 11 is 0. The Morgan fingerprint density at radius 1 is 1.04 bits per heavy atom. The van der Waals surface area contributed by atoms with Crippen molar-refractivity contribution in [3.8, 4) is 0 Å². The molecule has 124 valence electrons. The molecule has 0 aliphatic carbocycles. The lowest BCUT2D eigenvalue weighted by molar-refractivity contribution is 0.0793. The standard InChI is InChI=1S/C19H19FN2O2/c1-13-7-6-10-16(17(13)19(24)22-11-4-5-12-22)21-18(23)14-8-2-3-9-15(14)20/h2-3,6-10H,4-5,11-12H2,1H3,(H,21,23). The third kappa shape index (κ3) is 3.15. The first-order chi connectivity index (χ1) is 11.6. The van der Waals surface area contributed by atoms with Gasteiger partial charge in [0.05, 0.1) is 16.8 Å². The molecule has 1 aliphatic rings. The molecule has 0 saturated carbocycles. The lowest BCUT2D eigenvalue weighted by atomic mass is 10.0. The zero-order valence-corrected chi connectivity index (χ0v) is 13.5. The van der Waals surface area contributed by atoms with Gasteiger partial charge in [0.15, 0.2) is 0 Å². The molecule has 1 saturated heterocycles. The van der Waals surface area contributed by atoms with Crippen LogP contribution in [0, 0.1) is 12.7 Å². The van der Waals surface area contributed by atoms with E-state index in [1.54, 1.807) is 23.1 Å². The van der Waals surface area contributed by atoms with E-state index in [4.69, 9.17) is 0 Å². The predicted molar refractivity (Wildman–Crippen MR) is 90.7 cm³/mol. The molecule has 2 aromatic carbocycles. The molecule has 0 aromatic heterocycles. The third-order valence-electron chi connectivity index (χ3n) is 4.25. The van der Waals surface area contributed by atoms with Gasteiger partial charge in [0.2, 0.25) is 0 Å². The van der Waals surface area contributed by atoms with Gasteiger partial charge >= 0.3 is 0 Å². The summed E-state index contributed by atoms with van der Waals surface area (Å²) in [4.78, 5) is 26.9. The van der Waals surface area contributed by atoms with Crippen LogP contribution in [-0.4, -0.2) is 29.8 Å². The Bertz CT molecular complexity index is 783. The van der Waals surface area contributed by atoms with Crippen LogP contribution in [0.5, 0.6) is 0 Å². The minimum atomic E-state index is -0.588. The SMILES string of the molecule is Cc1cccc(NC(=O)c2ccccc2F)c1C(=O)N1CCCC1. The fourth-order valence-corrected chi connectivity index (χ4v) is 2.97. The van der Waals surface area contributed by atoms with E-state index in [2.05, 4.69) is 5.32 Å². The first kappa shape index (κ1) is 16.2. The molecular weight excluding hydrogens is 307 g/mol. The van der Waals surface area contributed by atoms with Crippen LogP contribution in [0.2, 0.25) is 0 Å². The highest BCUT2D eigenvalue weighted by atomic mass is 19.1. The lowest BCUT2D eigenvalue weighted by Gasteiger charge is -2.19. The Morgan fingerprint density at radius 3 is 2.46 bits per heavy atom. The van der Waals surface area contributed by atoms with E-state index in [9.17, 15) is 14.0 Å². The smallest absolute Gasteiger partial charge is 0.258 e. The third-order valence-corrected chi connectivity index (χ3v) is 4.25. The molecule has 0 radical (unpaired) electrons. The van der Waals surface area contributed by atoms with Gasteiger partial charge in [-0.1, -0.05) is 24.3 Å². The summed E-state index contributed by atoms with van der Waals surface area (Å²) in [6, 6.07) is 11.1. The van der Waals surface area contributed by atoms with Gasteiger partial charge in [-0.05, 0) is 43.5 Å². The van der Waals surface area contributed by atoms with Crippen molar-refractivity contribution < 1.29 is 14.0 Å². The minimum Gasteiger partial charge on any atom is -0.339 e. The number of carbonyl (C=O) groups is 2. The molecule has 5 heteroatoms. The summed E-state index contributed by atoms with van der Waals surface area (Å²) in [5.74, 6) is -1.24. The quantitative estimate of drug-likeness (QED) is 0.936. The van der Waals surface area contributed by atoms with Gasteiger partial charge in [0.1, 0.15) is 5.82 Å². The van der Waals surface area contributed by atoms with Crippen molar-refractivity contribution in [2.24, 2.45) is 0 Å². The summed E-state index contributed by atoms with van der Waals surface area (Å²) in [6.45, 7) is 3.30. The van der Waals surface area contributed by atoms with E-state index in [1.165, 1.54) is 18.2 Å². The van der Waals surface area contributed by atoms with E-state index in [0.717, 1.165) is 31.5 Å². The Morgan fingerprint density at radius 2 is 1.75 bits per heavy atom. The number of rotatable bonds is 3. The number of aryl methyl sites for hydroxylation is 1. The Kier molecular flexibility index (Phi) is 4.60. The van der Waals surface area contributed by atoms with Crippen LogP contribution in [-0.2, 0) is 0 Å². The van der Waals surface area contributed by atoms with Crippen molar-refractivity contribution in [3.63, 3.8) is 0 Å². The molecule has 2 amide bonds. The summed E-state index contributed by atoms with van der Waals surface area (Å²) in [5.41, 5.74) is 1.64. The number of nitrogens with zero attached hydrogens (tertiary/aromatic N) is 1. The number of amides is 2. The molecule has 0 atom stereocenters. The number of likely N-dealkylation sites (tertiary alicyclic amines) is 1. The number of benzene rings is 2. The maximum atomic E-state index is 13.8. The van der Waals surface area contributed by atoms with Crippen LogP contribution in [0.4, 0.5) is 10.1 Å². The normalized spacial score (nSPS) is 13.8. The molecule has 3 rings (SSSR count). The summed E-state index contributed by atoms with van der Waals surface area (Å²) < 4.78 is 13.8. The number of anilines is 1. The Labute approximate surface area is 140 Å². The molecule has 4 nitrogen and oxygen atoms in total. The van der Waals surface area contributed by atoms with Crippen molar-refractivity contribution in [1.82, 2.24) is 4.90 Å². The van der Waals surface area contributed by atoms with Gasteiger partial charge in [-0.25, -0.2) is 4.39 Å². The number of hydrogen-bond donors (Lipinski definition) is 1. The van der Waals surface area contributed by atoms with Gasteiger partial charge in [0.25, 0.3) is 11.8 Å². The minimum absolute atomic E-state index is 0.0430. The molecule has 0 spiro atoms. The van der Waals surface area contributed by atoms with Crippen LogP contribution in [0.25, 0.3) is 0 Å². The van der Waals surface area contributed by atoms with Gasteiger partial charge in [-0.3, -0.25) is 9.59 Å². The average Bonchev–Trinajstić information content (AvgIpc) is 3.09. The van der Waals surface area contributed by atoms with Crippen LogP contribution in [0.15, 0.2) is 42.5 Å². The number of halogens is 1. The first-order valence-electron chi connectivity index (χ1n) is 8.02. The largest absolute Gasteiger partial charge is 0.339 e. The summed E-state index contributed by atoms with van der Waals surface area (Å²) in [5, 5.41) is 2.69. The topological polar surface area (TPSA) is 49.4 Å². The molecule has 24 heavy (non-hydrogen) atoms. The van der Waals surface area contributed by atoms with Crippen molar-refractivity contribution in [2.45, 2.75) is 19.8 Å². The number of hydrogen-bond acceptors (Lipinski definition) is 2. The van der Waals surface area contributed by atoms with Crippen molar-refractivity contribution in [3.05, 3.63) is 65.0 Å². The monoisotopic (exact) mass is 326 g/mol. The molecule has 1 fully saturated rings. The summed E-state index contributed by atoms with van der Waals surface area (Å²) in [6.07, 6.45) is 1.99. The highest BCUT2D eigenvalue weighted by Gasteiger charge is 2.24. The molecule has 0 bridgehead atoms. The maximum absolute atomic E-state index is 13.8. The Hall–Kier alpha value is -2.69. The van der Waals surface area contributed by atoms with Gasteiger partial charge in [-0.15, -0.1) is 0 Å². The van der Waals surface area contributed by atoms with Crippen molar-refractivity contribution in [2.75, 3.05) is 18.4 Å². The zero-order valence-electron chi connectivity index (χ0n) is 13.5. The molecular formula is C19H19FN2O2. The van der Waals surface area contributed by atoms with E-state index < -0.39 is 11.7 Å². The number of carbonyl (C=O) groups excluding carboxylic acids is 2. The van der Waals surface area contributed by atoms with Crippen molar-refractivity contribution >= 4 is 17.5 Å². The van der Waals surface area contributed by atoms with Crippen LogP contribution < -0.4 is 5.32 Å². The van der Waals surface area contributed by atoms with Crippen LogP contribution >= 0.6 is 0 Å². The number of nitrogens with one attached hydrogen (secondary N) is 1. The van der Waals surface area contributed by atoms with E-state index in [-0.39, 0.29) is 11.5 Å². The second-order valence-corrected chi connectivity index (χ2v) is 5.93. The van der Waals surface area contributed by atoms with Crippen LogP contribution in [0.3, 0.4) is 0 Å². The average molecular weight is 326 g/mol. The highest BCUT2D eigenvalue weighted by molar-refractivity contribution is 6.09. The molecule has 1 N–H and O–H groups in total. The van der Waals surface area contributed by atoms with Crippen molar-refractivity contribution in [1.29, 1.82) is 0 Å². The van der Waals surface area contributed by atoms with Gasteiger partial charge < -0.3 is 10.2 Å². The lowest BCUT2D eigenvalue weighted by Crippen LogP contribution is -2.29. The van der Waals surface area contributed by atoms with E-state index >= 15 is 0 Å². The van der Waals surface area contributed by atoms with Gasteiger partial charge in [0, 0.05) is 13.1 Å². The Balaban J connectivity index is 1.91. The summed E-state index contributed by atoms with van der Waals surface area (Å²) in [7, 11) is 0. The molecule has 1 heterocycles. The fourth-order valence-electron chi connectivity index (χ4n) is 2.97. The zero-order chi connectivity index (χ0) is 17.1. The van der Waals surface area contributed by atoms with E-state index in [1.807, 2.05) is 13.0 Å². The maximum Gasteiger partial charge on any atom is 0.258 e. The highest BCUT2D eigenvalue weighted by Crippen LogP contribution is 2.24.